The molecule has 0 aliphatic heterocycles. The summed E-state index contributed by atoms with van der Waals surface area (Å²) in [5.74, 6) is 0. The van der Waals surface area contributed by atoms with Gasteiger partial charge in [0.2, 0.25) is 5.43 Å². The molecule has 0 spiro atoms. The van der Waals surface area contributed by atoms with Crippen LogP contribution in [0.1, 0.15) is 33.4 Å². The number of aryl methyl sites for hydroxylation is 2. The molecule has 1 aliphatic carbocycles. The fraction of sp³-hybridized carbons (Fsp3) is 0.0526. The third kappa shape index (κ3) is 5.06. The SMILES string of the molecule is Cc1cccc2c3c4c(cc(C)c3n(-c3cccc(-c5ccc6oc7cc(-c8ccccn8)ccc7c(=O)c6c5)c3)c12)C(c1ccccc1)(c1ccccc1)c1ccccc1-4. The third-order valence-electron chi connectivity index (χ3n) is 12.9. The highest BCUT2D eigenvalue weighted by atomic mass is 16.3. The number of para-hydroxylation sites is 1. The topological polar surface area (TPSA) is 48.0 Å². The van der Waals surface area contributed by atoms with Gasteiger partial charge in [0.25, 0.3) is 0 Å². The summed E-state index contributed by atoms with van der Waals surface area (Å²) in [6.45, 7) is 4.49. The van der Waals surface area contributed by atoms with Gasteiger partial charge in [-0.1, -0.05) is 140 Å². The third-order valence-corrected chi connectivity index (χ3v) is 12.9. The molecule has 4 nitrogen and oxygen atoms in total. The Hall–Kier alpha value is -7.82. The summed E-state index contributed by atoms with van der Waals surface area (Å²) in [6.07, 6.45) is 1.77. The molecule has 8 aromatic carbocycles. The summed E-state index contributed by atoms with van der Waals surface area (Å²) >= 11 is 0. The van der Waals surface area contributed by atoms with E-state index in [1.165, 1.54) is 66.3 Å². The van der Waals surface area contributed by atoms with Gasteiger partial charge < -0.3 is 8.98 Å². The van der Waals surface area contributed by atoms with Crippen molar-refractivity contribution in [3.63, 3.8) is 0 Å². The number of benzene rings is 8. The predicted octanol–water partition coefficient (Wildman–Crippen LogP) is 13.8. The Morgan fingerprint density at radius 3 is 2.02 bits per heavy atom. The van der Waals surface area contributed by atoms with E-state index in [1.807, 2.05) is 48.5 Å². The quantitative estimate of drug-likeness (QED) is 0.163. The van der Waals surface area contributed by atoms with Crippen LogP contribution in [0.15, 0.2) is 203 Å². The molecule has 3 aromatic heterocycles. The summed E-state index contributed by atoms with van der Waals surface area (Å²) in [6, 6.07) is 66.4. The van der Waals surface area contributed by atoms with Crippen molar-refractivity contribution in [2.45, 2.75) is 19.3 Å². The first-order chi connectivity index (χ1) is 30.0. The van der Waals surface area contributed by atoms with E-state index in [-0.39, 0.29) is 5.43 Å². The van der Waals surface area contributed by atoms with Crippen LogP contribution in [0.4, 0.5) is 0 Å². The zero-order valence-corrected chi connectivity index (χ0v) is 33.7. The van der Waals surface area contributed by atoms with Gasteiger partial charge in [-0.2, -0.15) is 0 Å². The molecule has 11 aromatic rings. The molecule has 1 aliphatic rings. The highest BCUT2D eigenvalue weighted by Gasteiger charge is 2.47. The molecule has 4 heteroatoms. The number of nitrogens with zero attached hydrogens (tertiary/aromatic N) is 2. The maximum Gasteiger partial charge on any atom is 0.200 e. The highest BCUT2D eigenvalue weighted by molar-refractivity contribution is 6.20. The van der Waals surface area contributed by atoms with Crippen molar-refractivity contribution >= 4 is 43.7 Å². The van der Waals surface area contributed by atoms with Crippen LogP contribution in [0, 0.1) is 13.8 Å². The van der Waals surface area contributed by atoms with Gasteiger partial charge in [0.05, 0.1) is 32.9 Å². The minimum atomic E-state index is -0.499. The van der Waals surface area contributed by atoms with Gasteiger partial charge in [-0.3, -0.25) is 9.78 Å². The van der Waals surface area contributed by atoms with Crippen molar-refractivity contribution < 1.29 is 4.42 Å². The van der Waals surface area contributed by atoms with Crippen LogP contribution >= 0.6 is 0 Å². The molecule has 61 heavy (non-hydrogen) atoms. The molecule has 0 amide bonds. The van der Waals surface area contributed by atoms with Gasteiger partial charge in [0, 0.05) is 28.2 Å². The lowest BCUT2D eigenvalue weighted by Crippen LogP contribution is -2.28. The van der Waals surface area contributed by atoms with Crippen molar-refractivity contribution in [3.8, 4) is 39.2 Å². The Bertz CT molecular complexity index is 3580. The van der Waals surface area contributed by atoms with Gasteiger partial charge in [-0.15, -0.1) is 0 Å². The fourth-order valence-corrected chi connectivity index (χ4v) is 10.4. The second kappa shape index (κ2) is 13.4. The lowest BCUT2D eigenvalue weighted by Gasteiger charge is -2.34. The molecule has 0 atom stereocenters. The standard InChI is InChI=1S/C57H38N2O2/c1-35-15-13-23-45-53-52-43-22-9-10-24-47(43)57(40-17-5-3-6-18-40,41-19-7-4-8-20-41)48(52)31-36(2)55(53)59(54(35)45)42-21-14-16-37(32-42)38-27-29-50-46(33-38)56(60)44-28-26-39(34-51(44)61-50)49-25-11-12-30-58-49/h3-34H,1-2H3. The van der Waals surface area contributed by atoms with Gasteiger partial charge in [-0.25, -0.2) is 0 Å². The minimum absolute atomic E-state index is 0.0494. The van der Waals surface area contributed by atoms with Crippen LogP contribution < -0.4 is 5.43 Å². The second-order valence-electron chi connectivity index (χ2n) is 16.3. The Morgan fingerprint density at radius 2 is 1.23 bits per heavy atom. The normalized spacial score (nSPS) is 13.0. The molecule has 0 bridgehead atoms. The molecule has 0 N–H and O–H groups in total. The number of aromatic nitrogens is 2. The second-order valence-corrected chi connectivity index (χ2v) is 16.3. The van der Waals surface area contributed by atoms with E-state index in [0.29, 0.717) is 21.9 Å². The van der Waals surface area contributed by atoms with Crippen molar-refractivity contribution in [1.29, 1.82) is 0 Å². The van der Waals surface area contributed by atoms with E-state index in [9.17, 15) is 4.79 Å². The number of fused-ring (bicyclic) bond motifs is 9. The lowest BCUT2D eigenvalue weighted by molar-refractivity contribution is 0.660. The summed E-state index contributed by atoms with van der Waals surface area (Å²) in [5, 5.41) is 3.60. The number of hydrogen-bond donors (Lipinski definition) is 0. The zero-order valence-electron chi connectivity index (χ0n) is 33.7. The van der Waals surface area contributed by atoms with Crippen molar-refractivity contribution in [3.05, 3.63) is 238 Å². The summed E-state index contributed by atoms with van der Waals surface area (Å²) in [5.41, 5.74) is 17.8. The van der Waals surface area contributed by atoms with Gasteiger partial charge >= 0.3 is 0 Å². The Balaban J connectivity index is 1.08. The van der Waals surface area contributed by atoms with Crippen molar-refractivity contribution in [1.82, 2.24) is 9.55 Å². The molecular formula is C57H38N2O2. The smallest absolute Gasteiger partial charge is 0.200 e. The molecule has 288 valence electrons. The Morgan fingerprint density at radius 1 is 0.508 bits per heavy atom. The first kappa shape index (κ1) is 35.2. The number of pyridine rings is 1. The van der Waals surface area contributed by atoms with Crippen LogP contribution in [-0.4, -0.2) is 9.55 Å². The number of hydrogen-bond acceptors (Lipinski definition) is 3. The van der Waals surface area contributed by atoms with Gasteiger partial charge in [-0.05, 0) is 118 Å². The molecule has 3 heterocycles. The highest BCUT2D eigenvalue weighted by Crippen LogP contribution is 2.59. The first-order valence-electron chi connectivity index (χ1n) is 20.8. The molecule has 0 saturated carbocycles. The predicted molar refractivity (Wildman–Crippen MR) is 250 cm³/mol. The molecule has 0 saturated heterocycles. The Kier molecular flexibility index (Phi) is 7.69. The van der Waals surface area contributed by atoms with E-state index >= 15 is 0 Å². The maximum absolute atomic E-state index is 14.1. The minimum Gasteiger partial charge on any atom is -0.456 e. The molecule has 0 fully saturated rings. The van der Waals surface area contributed by atoms with Crippen molar-refractivity contribution in [2.24, 2.45) is 0 Å². The van der Waals surface area contributed by atoms with E-state index in [2.05, 4.69) is 163 Å². The van der Waals surface area contributed by atoms with Gasteiger partial charge in [0.1, 0.15) is 11.2 Å². The van der Waals surface area contributed by atoms with Crippen LogP contribution in [0.2, 0.25) is 0 Å². The van der Waals surface area contributed by atoms with Crippen LogP contribution in [0.5, 0.6) is 0 Å². The molecule has 0 unspecified atom stereocenters. The van der Waals surface area contributed by atoms with Crippen LogP contribution in [0.25, 0.3) is 82.9 Å². The average Bonchev–Trinajstić information content (AvgIpc) is 3.82. The monoisotopic (exact) mass is 782 g/mol. The molecular weight excluding hydrogens is 745 g/mol. The largest absolute Gasteiger partial charge is 0.456 e. The van der Waals surface area contributed by atoms with E-state index in [1.54, 1.807) is 6.20 Å². The lowest BCUT2D eigenvalue weighted by atomic mass is 9.67. The Labute approximate surface area is 352 Å². The molecule has 0 radical (unpaired) electrons. The molecule has 12 rings (SSSR count). The number of rotatable bonds is 5. The van der Waals surface area contributed by atoms with Crippen LogP contribution in [0.3, 0.4) is 0 Å². The van der Waals surface area contributed by atoms with Crippen LogP contribution in [-0.2, 0) is 5.41 Å². The van der Waals surface area contributed by atoms with E-state index < -0.39 is 5.41 Å². The van der Waals surface area contributed by atoms with Gasteiger partial charge in [0.15, 0.2) is 0 Å². The average molecular weight is 783 g/mol. The summed E-state index contributed by atoms with van der Waals surface area (Å²) in [7, 11) is 0. The van der Waals surface area contributed by atoms with Crippen molar-refractivity contribution in [2.75, 3.05) is 0 Å². The fourth-order valence-electron chi connectivity index (χ4n) is 10.4. The summed E-state index contributed by atoms with van der Waals surface area (Å²) < 4.78 is 8.85. The van der Waals surface area contributed by atoms with E-state index in [4.69, 9.17) is 4.42 Å². The zero-order chi connectivity index (χ0) is 40.8. The first-order valence-corrected chi connectivity index (χ1v) is 20.8. The maximum atomic E-state index is 14.1. The van der Waals surface area contributed by atoms with E-state index in [0.717, 1.165) is 28.1 Å². The summed E-state index contributed by atoms with van der Waals surface area (Å²) in [4.78, 5) is 18.6.